The molecule has 88 valence electrons. The van der Waals surface area contributed by atoms with Crippen LogP contribution in [0.25, 0.3) is 0 Å². The van der Waals surface area contributed by atoms with Crippen LogP contribution in [0.5, 0.6) is 0 Å². The third-order valence-electron chi connectivity index (χ3n) is 2.03. The molecule has 2 aromatic heterocycles. The van der Waals surface area contributed by atoms with Gasteiger partial charge in [0.25, 0.3) is 0 Å². The zero-order valence-corrected chi connectivity index (χ0v) is 10.5. The molecule has 2 rings (SSSR count). The van der Waals surface area contributed by atoms with E-state index in [4.69, 9.17) is 5.84 Å². The zero-order chi connectivity index (χ0) is 12.3. The molecule has 3 N–H and O–H groups in total. The molecule has 17 heavy (non-hydrogen) atoms. The Bertz CT molecular complexity index is 509. The Morgan fingerprint density at radius 2 is 1.82 bits per heavy atom. The first-order valence-electron chi connectivity index (χ1n) is 5.11. The topological polar surface area (TPSA) is 76.7 Å². The van der Waals surface area contributed by atoms with E-state index in [1.54, 1.807) is 6.07 Å². The molecule has 6 heteroatoms. The van der Waals surface area contributed by atoms with E-state index in [0.29, 0.717) is 11.0 Å². The molecule has 0 saturated heterocycles. The number of hydrogen-bond donors (Lipinski definition) is 2. The van der Waals surface area contributed by atoms with Crippen LogP contribution in [0.4, 0.5) is 5.82 Å². The highest BCUT2D eigenvalue weighted by atomic mass is 32.2. The second-order valence-corrected chi connectivity index (χ2v) is 4.53. The van der Waals surface area contributed by atoms with Crippen LogP contribution in [0.1, 0.15) is 11.4 Å². The number of rotatable bonds is 3. The predicted molar refractivity (Wildman–Crippen MR) is 67.7 cm³/mol. The van der Waals surface area contributed by atoms with Gasteiger partial charge < -0.3 is 5.43 Å². The minimum atomic E-state index is 0.624. The van der Waals surface area contributed by atoms with Gasteiger partial charge in [-0.05, 0) is 43.8 Å². The highest BCUT2D eigenvalue weighted by Crippen LogP contribution is 2.23. The summed E-state index contributed by atoms with van der Waals surface area (Å²) in [6, 6.07) is 7.52. The van der Waals surface area contributed by atoms with E-state index in [0.717, 1.165) is 16.4 Å². The molecule has 0 aliphatic rings. The number of nitrogens with two attached hydrogens (primary N) is 1. The molecule has 0 saturated carbocycles. The average Bonchev–Trinajstić information content (AvgIpc) is 2.28. The standard InChI is InChI=1S/C11H13N5S/c1-7-6-8(2)14-11(13-7)17-10-5-3-4-9(15-10)16-12/h3-6H,12H2,1-2H3,(H,15,16). The Morgan fingerprint density at radius 1 is 1.12 bits per heavy atom. The summed E-state index contributed by atoms with van der Waals surface area (Å²) in [5.41, 5.74) is 4.41. The number of nitrogens with one attached hydrogen (secondary N) is 1. The summed E-state index contributed by atoms with van der Waals surface area (Å²) in [7, 11) is 0. The summed E-state index contributed by atoms with van der Waals surface area (Å²) >= 11 is 1.42. The largest absolute Gasteiger partial charge is 0.308 e. The monoisotopic (exact) mass is 247 g/mol. The van der Waals surface area contributed by atoms with Crippen LogP contribution in [-0.4, -0.2) is 15.0 Å². The van der Waals surface area contributed by atoms with Crippen molar-refractivity contribution in [1.82, 2.24) is 15.0 Å². The van der Waals surface area contributed by atoms with Crippen molar-refractivity contribution in [2.45, 2.75) is 24.0 Å². The minimum absolute atomic E-state index is 0.624. The molecular weight excluding hydrogens is 234 g/mol. The first kappa shape index (κ1) is 11.8. The lowest BCUT2D eigenvalue weighted by atomic mass is 10.4. The van der Waals surface area contributed by atoms with Crippen LogP contribution in [0, 0.1) is 13.8 Å². The van der Waals surface area contributed by atoms with E-state index in [1.165, 1.54) is 11.8 Å². The van der Waals surface area contributed by atoms with E-state index in [2.05, 4.69) is 20.4 Å². The van der Waals surface area contributed by atoms with Crippen molar-refractivity contribution in [3.63, 3.8) is 0 Å². The lowest BCUT2D eigenvalue weighted by molar-refractivity contribution is 0.899. The van der Waals surface area contributed by atoms with E-state index in [9.17, 15) is 0 Å². The van der Waals surface area contributed by atoms with Crippen LogP contribution >= 0.6 is 11.8 Å². The molecule has 0 aromatic carbocycles. The van der Waals surface area contributed by atoms with Gasteiger partial charge in [-0.3, -0.25) is 0 Å². The molecule has 0 amide bonds. The van der Waals surface area contributed by atoms with Gasteiger partial charge in [0.15, 0.2) is 5.16 Å². The number of hydrogen-bond acceptors (Lipinski definition) is 6. The number of hydrazine groups is 1. The Kier molecular flexibility index (Phi) is 3.55. The highest BCUT2D eigenvalue weighted by molar-refractivity contribution is 7.99. The first-order valence-corrected chi connectivity index (χ1v) is 5.93. The summed E-state index contributed by atoms with van der Waals surface area (Å²) in [6.07, 6.45) is 0. The molecule has 0 bridgehead atoms. The maximum Gasteiger partial charge on any atom is 0.194 e. The van der Waals surface area contributed by atoms with E-state index in [1.807, 2.05) is 32.0 Å². The normalized spacial score (nSPS) is 10.3. The SMILES string of the molecule is Cc1cc(C)nc(Sc2cccc(NN)n2)n1. The molecule has 0 fully saturated rings. The Hall–Kier alpha value is -1.66. The number of aromatic nitrogens is 3. The van der Waals surface area contributed by atoms with Gasteiger partial charge >= 0.3 is 0 Å². The lowest BCUT2D eigenvalue weighted by Gasteiger charge is -2.04. The fraction of sp³-hybridized carbons (Fsp3) is 0.182. The van der Waals surface area contributed by atoms with Gasteiger partial charge in [-0.15, -0.1) is 0 Å². The third kappa shape index (κ3) is 3.15. The molecule has 0 unspecified atom stereocenters. The van der Waals surface area contributed by atoms with Crippen molar-refractivity contribution in [1.29, 1.82) is 0 Å². The van der Waals surface area contributed by atoms with E-state index in [-0.39, 0.29) is 0 Å². The van der Waals surface area contributed by atoms with Gasteiger partial charge in [0, 0.05) is 11.4 Å². The molecule has 0 spiro atoms. The molecular formula is C11H13N5S. The maximum absolute atomic E-state index is 5.31. The molecule has 0 atom stereocenters. The number of nitrogen functional groups attached to an aromatic ring is 1. The first-order chi connectivity index (χ1) is 8.17. The van der Waals surface area contributed by atoms with Crippen molar-refractivity contribution in [3.8, 4) is 0 Å². The maximum atomic E-state index is 5.31. The summed E-state index contributed by atoms with van der Waals surface area (Å²) in [6.45, 7) is 3.90. The number of aryl methyl sites for hydroxylation is 2. The molecule has 0 aliphatic carbocycles. The van der Waals surface area contributed by atoms with Gasteiger partial charge in [-0.1, -0.05) is 6.07 Å². The van der Waals surface area contributed by atoms with E-state index >= 15 is 0 Å². The van der Waals surface area contributed by atoms with Crippen LogP contribution in [0.2, 0.25) is 0 Å². The summed E-state index contributed by atoms with van der Waals surface area (Å²) in [5, 5.41) is 1.51. The van der Waals surface area contributed by atoms with Gasteiger partial charge in [0.05, 0.1) is 0 Å². The van der Waals surface area contributed by atoms with Crippen molar-refractivity contribution >= 4 is 17.6 Å². The third-order valence-corrected chi connectivity index (χ3v) is 2.83. The summed E-state index contributed by atoms with van der Waals surface area (Å²) in [5.74, 6) is 5.93. The summed E-state index contributed by atoms with van der Waals surface area (Å²) < 4.78 is 0. The van der Waals surface area contributed by atoms with Gasteiger partial charge in [0.1, 0.15) is 10.8 Å². The van der Waals surface area contributed by atoms with Crippen molar-refractivity contribution in [3.05, 3.63) is 35.7 Å². The second kappa shape index (κ2) is 5.11. The van der Waals surface area contributed by atoms with Gasteiger partial charge in [0.2, 0.25) is 0 Å². The Balaban J connectivity index is 2.24. The average molecular weight is 247 g/mol. The molecule has 5 nitrogen and oxygen atoms in total. The quantitative estimate of drug-likeness (QED) is 0.490. The molecule has 0 aliphatic heterocycles. The molecule has 2 heterocycles. The fourth-order valence-electron chi connectivity index (χ4n) is 1.38. The zero-order valence-electron chi connectivity index (χ0n) is 9.64. The number of anilines is 1. The van der Waals surface area contributed by atoms with Crippen LogP contribution < -0.4 is 11.3 Å². The Morgan fingerprint density at radius 3 is 2.47 bits per heavy atom. The van der Waals surface area contributed by atoms with E-state index < -0.39 is 0 Å². The van der Waals surface area contributed by atoms with Crippen molar-refractivity contribution < 1.29 is 0 Å². The van der Waals surface area contributed by atoms with Crippen molar-refractivity contribution in [2.75, 3.05) is 5.43 Å². The van der Waals surface area contributed by atoms with Crippen LogP contribution in [0.15, 0.2) is 34.4 Å². The highest BCUT2D eigenvalue weighted by Gasteiger charge is 2.04. The Labute approximate surface area is 104 Å². The van der Waals surface area contributed by atoms with Crippen LogP contribution in [0.3, 0.4) is 0 Å². The second-order valence-electron chi connectivity index (χ2n) is 3.54. The predicted octanol–water partition coefficient (Wildman–Crippen LogP) is 1.93. The molecule has 2 aromatic rings. The number of pyridine rings is 1. The smallest absolute Gasteiger partial charge is 0.194 e. The molecule has 0 radical (unpaired) electrons. The lowest BCUT2D eigenvalue weighted by Crippen LogP contribution is -2.08. The van der Waals surface area contributed by atoms with Gasteiger partial charge in [-0.2, -0.15) is 0 Å². The van der Waals surface area contributed by atoms with Crippen molar-refractivity contribution in [2.24, 2.45) is 5.84 Å². The number of nitrogens with zero attached hydrogens (tertiary/aromatic N) is 3. The van der Waals surface area contributed by atoms with Crippen LogP contribution in [-0.2, 0) is 0 Å². The fourth-order valence-corrected chi connectivity index (χ4v) is 2.24. The van der Waals surface area contributed by atoms with Gasteiger partial charge in [-0.25, -0.2) is 20.8 Å². The summed E-state index contributed by atoms with van der Waals surface area (Å²) in [4.78, 5) is 13.0. The minimum Gasteiger partial charge on any atom is -0.308 e.